The molecule has 16 heavy (non-hydrogen) atoms. The first kappa shape index (κ1) is 13.5. The highest BCUT2D eigenvalue weighted by Gasteiger charge is 2.28. The minimum absolute atomic E-state index is 0.121. The highest BCUT2D eigenvalue weighted by atomic mass is 16.1. The molecule has 0 bridgehead atoms. The second kappa shape index (κ2) is 6.24. The summed E-state index contributed by atoms with van der Waals surface area (Å²) in [7, 11) is 1.70. The van der Waals surface area contributed by atoms with Gasteiger partial charge in [-0.25, -0.2) is 0 Å². The Morgan fingerprint density at radius 3 is 2.38 bits per heavy atom. The topological polar surface area (TPSA) is 41.1 Å². The Balaban J connectivity index is 2.41. The summed E-state index contributed by atoms with van der Waals surface area (Å²) < 4.78 is 0. The van der Waals surface area contributed by atoms with Gasteiger partial charge in [-0.2, -0.15) is 0 Å². The summed E-state index contributed by atoms with van der Waals surface area (Å²) in [6.07, 6.45) is 4.56. The zero-order chi connectivity index (χ0) is 12.1. The number of hydrogen-bond acceptors (Lipinski definition) is 2. The predicted molar refractivity (Wildman–Crippen MR) is 67.2 cm³/mol. The Morgan fingerprint density at radius 1 is 1.31 bits per heavy atom. The van der Waals surface area contributed by atoms with E-state index in [4.69, 9.17) is 0 Å². The average Bonchev–Trinajstić information content (AvgIpc) is 2.23. The fourth-order valence-corrected chi connectivity index (χ4v) is 2.78. The lowest BCUT2D eigenvalue weighted by molar-refractivity contribution is -0.121. The van der Waals surface area contributed by atoms with Crippen LogP contribution in [0.5, 0.6) is 0 Å². The third-order valence-corrected chi connectivity index (χ3v) is 3.79. The van der Waals surface area contributed by atoms with E-state index in [1.165, 1.54) is 19.3 Å². The van der Waals surface area contributed by atoms with Crippen LogP contribution in [0.2, 0.25) is 0 Å². The first-order chi connectivity index (χ1) is 7.54. The minimum atomic E-state index is 0.121. The van der Waals surface area contributed by atoms with Gasteiger partial charge in [0.05, 0.1) is 0 Å². The molecule has 3 nitrogen and oxygen atoms in total. The summed E-state index contributed by atoms with van der Waals surface area (Å²) in [4.78, 5) is 11.3. The van der Waals surface area contributed by atoms with Crippen LogP contribution in [0.1, 0.15) is 46.5 Å². The van der Waals surface area contributed by atoms with Crippen molar-refractivity contribution in [1.29, 1.82) is 0 Å². The van der Waals surface area contributed by atoms with Gasteiger partial charge in [0.2, 0.25) is 5.91 Å². The summed E-state index contributed by atoms with van der Waals surface area (Å²) in [5, 5.41) is 6.30. The van der Waals surface area contributed by atoms with Gasteiger partial charge in [-0.3, -0.25) is 4.79 Å². The van der Waals surface area contributed by atoms with E-state index < -0.39 is 0 Å². The molecule has 1 amide bonds. The molecule has 1 saturated carbocycles. The lowest BCUT2D eigenvalue weighted by Crippen LogP contribution is -2.47. The second-order valence-electron chi connectivity index (χ2n) is 5.36. The molecular weight excluding hydrogens is 200 g/mol. The number of nitrogens with one attached hydrogen (secondary N) is 2. The van der Waals surface area contributed by atoms with Crippen molar-refractivity contribution in [1.82, 2.24) is 10.6 Å². The maximum Gasteiger partial charge on any atom is 0.221 e. The van der Waals surface area contributed by atoms with Crippen LogP contribution < -0.4 is 10.6 Å². The van der Waals surface area contributed by atoms with Crippen molar-refractivity contribution in [2.24, 2.45) is 11.8 Å². The van der Waals surface area contributed by atoms with Crippen LogP contribution in [0.3, 0.4) is 0 Å². The molecule has 94 valence electrons. The first-order valence-electron chi connectivity index (χ1n) is 6.51. The Kier molecular flexibility index (Phi) is 5.26. The molecule has 1 fully saturated rings. The van der Waals surface area contributed by atoms with E-state index in [1.54, 1.807) is 7.05 Å². The van der Waals surface area contributed by atoms with Gasteiger partial charge in [0.15, 0.2) is 0 Å². The van der Waals surface area contributed by atoms with Gasteiger partial charge >= 0.3 is 0 Å². The Bertz CT molecular complexity index is 220. The van der Waals surface area contributed by atoms with Crippen LogP contribution in [-0.2, 0) is 4.79 Å². The van der Waals surface area contributed by atoms with Crippen LogP contribution in [0.25, 0.3) is 0 Å². The summed E-state index contributed by atoms with van der Waals surface area (Å²) in [5.41, 5.74) is 0. The summed E-state index contributed by atoms with van der Waals surface area (Å²) in [6, 6.07) is 0.848. The number of carbonyl (C=O) groups excluding carboxylic acids is 1. The van der Waals surface area contributed by atoms with Gasteiger partial charge in [0, 0.05) is 25.6 Å². The van der Waals surface area contributed by atoms with Gasteiger partial charge in [-0.05, 0) is 31.6 Å². The van der Waals surface area contributed by atoms with Crippen molar-refractivity contribution in [3.63, 3.8) is 0 Å². The minimum Gasteiger partial charge on any atom is -0.359 e. The molecule has 3 atom stereocenters. The lowest BCUT2D eigenvalue weighted by Gasteiger charge is -2.37. The molecule has 1 rings (SSSR count). The molecule has 0 heterocycles. The maximum absolute atomic E-state index is 11.3. The first-order valence-corrected chi connectivity index (χ1v) is 6.51. The normalized spacial score (nSPS) is 32.1. The largest absolute Gasteiger partial charge is 0.359 e. The van der Waals surface area contributed by atoms with Crippen molar-refractivity contribution in [2.45, 2.75) is 58.5 Å². The molecule has 2 N–H and O–H groups in total. The van der Waals surface area contributed by atoms with E-state index in [-0.39, 0.29) is 11.9 Å². The second-order valence-corrected chi connectivity index (χ2v) is 5.36. The van der Waals surface area contributed by atoms with E-state index >= 15 is 0 Å². The zero-order valence-electron chi connectivity index (χ0n) is 11.0. The summed E-state index contributed by atoms with van der Waals surface area (Å²) >= 11 is 0. The molecule has 0 radical (unpaired) electrons. The quantitative estimate of drug-likeness (QED) is 0.769. The smallest absolute Gasteiger partial charge is 0.221 e. The Labute approximate surface area is 99.4 Å². The van der Waals surface area contributed by atoms with E-state index in [0.717, 1.165) is 11.8 Å². The molecule has 0 aromatic rings. The third-order valence-electron chi connectivity index (χ3n) is 3.79. The van der Waals surface area contributed by atoms with E-state index in [0.29, 0.717) is 12.5 Å². The van der Waals surface area contributed by atoms with Crippen LogP contribution in [0, 0.1) is 11.8 Å². The van der Waals surface area contributed by atoms with Crippen molar-refractivity contribution >= 4 is 5.91 Å². The lowest BCUT2D eigenvalue weighted by atomic mass is 9.78. The summed E-state index contributed by atoms with van der Waals surface area (Å²) in [5.74, 6) is 1.59. The standard InChI is InChI=1S/C13H26N2O/c1-9-6-5-7-10(2)13(9)15-11(3)8-12(16)14-4/h9-11,13,15H,5-8H2,1-4H3,(H,14,16). The molecule has 3 heteroatoms. The molecule has 0 saturated heterocycles. The number of amides is 1. The SMILES string of the molecule is CNC(=O)CC(C)NC1C(C)CCCC1C. The van der Waals surface area contributed by atoms with Crippen LogP contribution in [0.15, 0.2) is 0 Å². The maximum atomic E-state index is 11.3. The van der Waals surface area contributed by atoms with E-state index in [9.17, 15) is 4.79 Å². The molecule has 3 unspecified atom stereocenters. The molecule has 1 aliphatic rings. The van der Waals surface area contributed by atoms with Gasteiger partial charge in [-0.15, -0.1) is 0 Å². The van der Waals surface area contributed by atoms with Crippen molar-refractivity contribution < 1.29 is 4.79 Å². The van der Waals surface area contributed by atoms with Gasteiger partial charge < -0.3 is 10.6 Å². The van der Waals surface area contributed by atoms with Gasteiger partial charge in [0.1, 0.15) is 0 Å². The highest BCUT2D eigenvalue weighted by Crippen LogP contribution is 2.29. The van der Waals surface area contributed by atoms with Crippen molar-refractivity contribution in [3.05, 3.63) is 0 Å². The molecule has 0 aromatic heterocycles. The monoisotopic (exact) mass is 226 g/mol. The molecule has 0 aromatic carbocycles. The Morgan fingerprint density at radius 2 is 1.88 bits per heavy atom. The van der Waals surface area contributed by atoms with Gasteiger partial charge in [0.25, 0.3) is 0 Å². The van der Waals surface area contributed by atoms with Gasteiger partial charge in [-0.1, -0.05) is 20.3 Å². The van der Waals surface area contributed by atoms with Crippen molar-refractivity contribution in [2.75, 3.05) is 7.05 Å². The molecular formula is C13H26N2O. The molecule has 1 aliphatic carbocycles. The summed E-state index contributed by atoms with van der Waals surface area (Å²) in [6.45, 7) is 6.74. The van der Waals surface area contributed by atoms with Crippen LogP contribution >= 0.6 is 0 Å². The number of hydrogen-bond donors (Lipinski definition) is 2. The third kappa shape index (κ3) is 3.78. The van der Waals surface area contributed by atoms with Crippen molar-refractivity contribution in [3.8, 4) is 0 Å². The predicted octanol–water partition coefficient (Wildman–Crippen LogP) is 1.93. The molecule has 0 aliphatic heterocycles. The van der Waals surface area contributed by atoms with Crippen LogP contribution in [0.4, 0.5) is 0 Å². The van der Waals surface area contributed by atoms with Crippen LogP contribution in [-0.4, -0.2) is 25.0 Å². The van der Waals surface area contributed by atoms with E-state index in [1.807, 2.05) is 0 Å². The fourth-order valence-electron chi connectivity index (χ4n) is 2.78. The number of carbonyl (C=O) groups is 1. The fraction of sp³-hybridized carbons (Fsp3) is 0.923. The number of rotatable bonds is 4. The average molecular weight is 226 g/mol. The Hall–Kier alpha value is -0.570. The zero-order valence-corrected chi connectivity index (χ0v) is 11.0. The van der Waals surface area contributed by atoms with E-state index in [2.05, 4.69) is 31.4 Å². The molecule has 0 spiro atoms. The highest BCUT2D eigenvalue weighted by molar-refractivity contribution is 5.76.